The summed E-state index contributed by atoms with van der Waals surface area (Å²) >= 11 is 6.14. The maximum absolute atomic E-state index is 10.2. The summed E-state index contributed by atoms with van der Waals surface area (Å²) in [6.07, 6.45) is -0.214. The summed E-state index contributed by atoms with van der Waals surface area (Å²) in [5.41, 5.74) is 3.50. The minimum atomic E-state index is -1.43. The van der Waals surface area contributed by atoms with Gasteiger partial charge in [0.1, 0.15) is 0 Å². The number of nitrogens with two attached hydrogens (primary N) is 1. The molecule has 0 bridgehead atoms. The Morgan fingerprint density at radius 3 is 2.67 bits per heavy atom. The Bertz CT molecular complexity index is 874. The van der Waals surface area contributed by atoms with Crippen LogP contribution in [0.4, 0.5) is 0 Å². The molecule has 24 heavy (non-hydrogen) atoms. The number of nitriles is 2. The van der Waals surface area contributed by atoms with Crippen molar-refractivity contribution in [1.29, 1.82) is 10.5 Å². The second kappa shape index (κ2) is 4.29. The van der Waals surface area contributed by atoms with Crippen molar-refractivity contribution < 1.29 is 14.5 Å². The molecule has 0 radical (unpaired) electrons. The first kappa shape index (κ1) is 15.4. The van der Waals surface area contributed by atoms with E-state index in [0.29, 0.717) is 11.6 Å². The Morgan fingerprint density at radius 2 is 2.12 bits per heavy atom. The number of rotatable bonds is 1. The summed E-state index contributed by atoms with van der Waals surface area (Å²) in [6, 6.07) is 11.8. The molecule has 5 atom stereocenters. The van der Waals surface area contributed by atoms with E-state index in [1.807, 2.05) is 19.9 Å². The van der Waals surface area contributed by atoms with Crippen LogP contribution in [0.15, 0.2) is 24.3 Å². The van der Waals surface area contributed by atoms with Gasteiger partial charge in [0.15, 0.2) is 10.8 Å². The van der Waals surface area contributed by atoms with E-state index in [4.69, 9.17) is 26.8 Å². The molecule has 4 rings (SSSR count). The van der Waals surface area contributed by atoms with E-state index in [9.17, 15) is 10.5 Å². The number of halogens is 1. The molecule has 1 saturated carbocycles. The second-order valence-corrected chi connectivity index (χ2v) is 7.19. The van der Waals surface area contributed by atoms with Crippen molar-refractivity contribution in [2.45, 2.75) is 31.3 Å². The third kappa shape index (κ3) is 1.23. The molecular weight excluding hydrogens is 328 g/mol. The zero-order valence-corrected chi connectivity index (χ0v) is 14.0. The summed E-state index contributed by atoms with van der Waals surface area (Å²) in [6.45, 7) is 4.01. The summed E-state index contributed by atoms with van der Waals surface area (Å²) in [5.74, 6) is -1.24. The smallest absolute Gasteiger partial charge is 0.311 e. The third-order valence-electron chi connectivity index (χ3n) is 5.82. The van der Waals surface area contributed by atoms with Crippen LogP contribution >= 0.6 is 11.6 Å². The van der Waals surface area contributed by atoms with Crippen molar-refractivity contribution in [2.24, 2.45) is 16.6 Å². The zero-order valence-electron chi connectivity index (χ0n) is 13.3. The van der Waals surface area contributed by atoms with E-state index in [1.54, 1.807) is 18.2 Å². The number of benzene rings is 1. The lowest BCUT2D eigenvalue weighted by atomic mass is 9.84. The van der Waals surface area contributed by atoms with E-state index < -0.39 is 22.2 Å². The highest BCUT2D eigenvalue weighted by Crippen LogP contribution is 2.82. The van der Waals surface area contributed by atoms with Gasteiger partial charge in [0.05, 0.1) is 30.3 Å². The molecule has 3 N–H and O–H groups in total. The molecule has 2 fully saturated rings. The molecule has 1 spiro atoms. The van der Waals surface area contributed by atoms with Crippen LogP contribution in [-0.2, 0) is 14.9 Å². The molecular formula is C17H16ClN4O2+. The van der Waals surface area contributed by atoms with Crippen LogP contribution in [0.1, 0.15) is 19.4 Å². The molecule has 2 heterocycles. The van der Waals surface area contributed by atoms with Gasteiger partial charge in [-0.3, -0.25) is 5.73 Å². The first-order chi connectivity index (χ1) is 11.3. The van der Waals surface area contributed by atoms with E-state index in [1.165, 1.54) is 0 Å². The van der Waals surface area contributed by atoms with Crippen LogP contribution in [0.5, 0.6) is 0 Å². The number of nitrogens with one attached hydrogen (secondary N) is 1. The SMILES string of the molecule is C[C@H]1CO[C@@]2([NH+]=C(N)[C@@]3(C#N)[C@](C)(c4cccc(Cl)c4)[C@@]23C#N)O1. The molecule has 1 aromatic carbocycles. The van der Waals surface area contributed by atoms with Gasteiger partial charge in [0, 0.05) is 5.02 Å². The number of fused-ring (bicyclic) bond motifs is 2. The predicted octanol–water partition coefficient (Wildman–Crippen LogP) is 0.172. The van der Waals surface area contributed by atoms with Crippen molar-refractivity contribution in [3.63, 3.8) is 0 Å². The van der Waals surface area contributed by atoms with E-state index in [0.717, 1.165) is 5.56 Å². The van der Waals surface area contributed by atoms with Crippen LogP contribution in [0.25, 0.3) is 0 Å². The molecule has 1 aromatic rings. The van der Waals surface area contributed by atoms with Gasteiger partial charge in [-0.1, -0.05) is 30.7 Å². The van der Waals surface area contributed by atoms with Crippen molar-refractivity contribution in [1.82, 2.24) is 0 Å². The van der Waals surface area contributed by atoms with Gasteiger partial charge >= 0.3 is 5.91 Å². The van der Waals surface area contributed by atoms with E-state index in [-0.39, 0.29) is 11.9 Å². The summed E-state index contributed by atoms with van der Waals surface area (Å²) in [5, 5.41) is 20.7. The quantitative estimate of drug-likeness (QED) is 0.756. The number of hydrogen-bond donors (Lipinski definition) is 2. The monoisotopic (exact) mass is 343 g/mol. The second-order valence-electron chi connectivity index (χ2n) is 6.75. The Balaban J connectivity index is 2.00. The van der Waals surface area contributed by atoms with Crippen molar-refractivity contribution in [3.05, 3.63) is 34.9 Å². The van der Waals surface area contributed by atoms with Gasteiger partial charge < -0.3 is 9.47 Å². The molecule has 2 aliphatic heterocycles. The van der Waals surface area contributed by atoms with Crippen molar-refractivity contribution in [3.8, 4) is 12.1 Å². The first-order valence-corrected chi connectivity index (χ1v) is 8.04. The average molecular weight is 344 g/mol. The topological polar surface area (TPSA) is 106 Å². The molecule has 0 aromatic heterocycles. The lowest BCUT2D eigenvalue weighted by molar-refractivity contribution is -0.679. The Kier molecular flexibility index (Phi) is 2.75. The lowest BCUT2D eigenvalue weighted by Crippen LogP contribution is -2.90. The molecule has 1 saturated heterocycles. The van der Waals surface area contributed by atoms with Gasteiger partial charge in [-0.2, -0.15) is 10.5 Å². The number of amidine groups is 1. The molecule has 3 aliphatic rings. The zero-order chi connectivity index (χ0) is 17.4. The molecule has 7 heteroatoms. The highest BCUT2D eigenvalue weighted by atomic mass is 35.5. The van der Waals surface area contributed by atoms with Crippen LogP contribution in [0, 0.1) is 33.5 Å². The summed E-state index contributed by atoms with van der Waals surface area (Å²) < 4.78 is 11.8. The van der Waals surface area contributed by atoms with Crippen LogP contribution in [-0.4, -0.2) is 24.5 Å². The van der Waals surface area contributed by atoms with Gasteiger partial charge in [0.2, 0.25) is 0 Å². The largest absolute Gasteiger partial charge is 0.344 e. The first-order valence-electron chi connectivity index (χ1n) is 7.66. The Labute approximate surface area is 144 Å². The Hall–Kier alpha value is -2.12. The lowest BCUT2D eigenvalue weighted by Gasteiger charge is -2.27. The number of ether oxygens (including phenoxy) is 2. The minimum absolute atomic E-state index is 0.197. The Morgan fingerprint density at radius 1 is 1.38 bits per heavy atom. The van der Waals surface area contributed by atoms with Crippen molar-refractivity contribution in [2.75, 3.05) is 6.61 Å². The van der Waals surface area contributed by atoms with Crippen LogP contribution in [0.2, 0.25) is 5.02 Å². The minimum Gasteiger partial charge on any atom is -0.311 e. The molecule has 0 amide bonds. The average Bonchev–Trinajstić information content (AvgIpc) is 2.73. The van der Waals surface area contributed by atoms with Crippen LogP contribution in [0.3, 0.4) is 0 Å². The highest BCUT2D eigenvalue weighted by molar-refractivity contribution is 6.30. The third-order valence-corrected chi connectivity index (χ3v) is 6.06. The van der Waals surface area contributed by atoms with Gasteiger partial charge in [-0.05, 0) is 24.6 Å². The van der Waals surface area contributed by atoms with Crippen molar-refractivity contribution >= 4 is 17.4 Å². The normalized spacial score (nSPS) is 45.4. The number of nitrogens with zero attached hydrogens (tertiary/aromatic N) is 2. The fraction of sp³-hybridized carbons (Fsp3) is 0.471. The molecule has 1 aliphatic carbocycles. The van der Waals surface area contributed by atoms with E-state index in [2.05, 4.69) is 17.1 Å². The van der Waals surface area contributed by atoms with Gasteiger partial charge in [0.25, 0.3) is 5.84 Å². The van der Waals surface area contributed by atoms with Gasteiger partial charge in [-0.15, -0.1) is 0 Å². The maximum atomic E-state index is 10.2. The summed E-state index contributed by atoms with van der Waals surface area (Å²) in [7, 11) is 0. The van der Waals surface area contributed by atoms with Crippen LogP contribution < -0.4 is 10.7 Å². The fourth-order valence-electron chi connectivity index (χ4n) is 4.74. The standard InChI is InChI=1S/C17H15ClN4O2/c1-10-7-23-17(24-10)16(9-20)14(2,11-4-3-5-12(18)6-11)15(16,8-19)13(21)22-17/h3-6,10H,7H2,1-2H3,(H2,21,22)/p+1/t10-,14-,15-,16+,17+/m0/s1. The molecule has 122 valence electrons. The number of hydrogen-bond acceptors (Lipinski definition) is 5. The fourth-order valence-corrected chi connectivity index (χ4v) is 4.93. The highest BCUT2D eigenvalue weighted by Gasteiger charge is 3.03. The predicted molar refractivity (Wildman–Crippen MR) is 84.3 cm³/mol. The maximum Gasteiger partial charge on any atom is 0.344 e. The van der Waals surface area contributed by atoms with Gasteiger partial charge in [-0.25, -0.2) is 4.99 Å². The van der Waals surface area contributed by atoms with E-state index >= 15 is 0 Å². The summed E-state index contributed by atoms with van der Waals surface area (Å²) in [4.78, 5) is 2.95. The molecule has 0 unspecified atom stereocenters. The molecule has 6 nitrogen and oxygen atoms in total.